The summed E-state index contributed by atoms with van der Waals surface area (Å²) in [6, 6.07) is 5.06. The van der Waals surface area contributed by atoms with E-state index < -0.39 is 12.1 Å². The number of hydrogen-bond donors (Lipinski definition) is 2. The molecule has 0 saturated carbocycles. The van der Waals surface area contributed by atoms with E-state index in [1.165, 1.54) is 0 Å². The van der Waals surface area contributed by atoms with Crippen LogP contribution in [-0.2, 0) is 0 Å². The minimum Gasteiger partial charge on any atom is -0.454 e. The fourth-order valence-electron chi connectivity index (χ4n) is 1.48. The third-order valence-corrected chi connectivity index (χ3v) is 2.31. The summed E-state index contributed by atoms with van der Waals surface area (Å²) in [7, 11) is 0. The third-order valence-electron chi connectivity index (χ3n) is 2.31. The van der Waals surface area contributed by atoms with Crippen molar-refractivity contribution in [1.82, 2.24) is 0 Å². The Hall–Kier alpha value is -1.26. The first-order valence-electron chi connectivity index (χ1n) is 4.52. The van der Waals surface area contributed by atoms with E-state index in [0.29, 0.717) is 11.5 Å². The second kappa shape index (κ2) is 3.48. The van der Waals surface area contributed by atoms with E-state index in [1.54, 1.807) is 6.92 Å². The number of aliphatic hydroxyl groups excluding tert-OH is 1. The summed E-state index contributed by atoms with van der Waals surface area (Å²) in [4.78, 5) is 0. The van der Waals surface area contributed by atoms with Gasteiger partial charge in [-0.3, -0.25) is 0 Å². The van der Waals surface area contributed by atoms with Crippen LogP contribution in [0.15, 0.2) is 18.2 Å². The number of ether oxygens (including phenoxy) is 2. The highest BCUT2D eigenvalue weighted by Crippen LogP contribution is 2.38. The average Bonchev–Trinajstić information content (AvgIpc) is 2.63. The van der Waals surface area contributed by atoms with Crippen molar-refractivity contribution in [2.45, 2.75) is 19.1 Å². The van der Waals surface area contributed by atoms with Gasteiger partial charge in [-0.25, -0.2) is 0 Å². The Bertz CT molecular complexity index is 338. The summed E-state index contributed by atoms with van der Waals surface area (Å²) in [6.07, 6.45) is -0.606. The van der Waals surface area contributed by atoms with E-state index in [4.69, 9.17) is 15.2 Å². The topological polar surface area (TPSA) is 64.7 Å². The zero-order valence-corrected chi connectivity index (χ0v) is 7.93. The number of benzene rings is 1. The van der Waals surface area contributed by atoms with Gasteiger partial charge in [0.2, 0.25) is 6.79 Å². The van der Waals surface area contributed by atoms with Crippen LogP contribution in [0.25, 0.3) is 0 Å². The number of fused-ring (bicyclic) bond motifs is 1. The van der Waals surface area contributed by atoms with E-state index in [2.05, 4.69) is 0 Å². The Morgan fingerprint density at radius 3 is 2.93 bits per heavy atom. The average molecular weight is 195 g/mol. The van der Waals surface area contributed by atoms with Gasteiger partial charge in [-0.2, -0.15) is 0 Å². The van der Waals surface area contributed by atoms with Crippen molar-refractivity contribution in [2.24, 2.45) is 5.73 Å². The molecule has 1 unspecified atom stereocenters. The first-order valence-corrected chi connectivity index (χ1v) is 4.52. The van der Waals surface area contributed by atoms with Gasteiger partial charge >= 0.3 is 0 Å². The van der Waals surface area contributed by atoms with Crippen molar-refractivity contribution in [2.75, 3.05) is 6.79 Å². The highest BCUT2D eigenvalue weighted by molar-refractivity contribution is 5.49. The molecular formula is C10H13NO3. The van der Waals surface area contributed by atoms with E-state index in [1.807, 2.05) is 18.2 Å². The first kappa shape index (κ1) is 9.30. The Morgan fingerprint density at radius 1 is 1.43 bits per heavy atom. The Morgan fingerprint density at radius 2 is 2.21 bits per heavy atom. The van der Waals surface area contributed by atoms with Crippen LogP contribution in [0.5, 0.6) is 11.5 Å². The van der Waals surface area contributed by atoms with Crippen LogP contribution in [0.1, 0.15) is 18.5 Å². The Kier molecular flexibility index (Phi) is 2.31. The van der Waals surface area contributed by atoms with Gasteiger partial charge in [-0.05, 0) is 13.0 Å². The number of hydrogen-bond acceptors (Lipinski definition) is 4. The zero-order chi connectivity index (χ0) is 10.1. The lowest BCUT2D eigenvalue weighted by molar-refractivity contribution is 0.156. The molecule has 4 heteroatoms. The second-order valence-corrected chi connectivity index (χ2v) is 3.35. The smallest absolute Gasteiger partial charge is 0.231 e. The van der Waals surface area contributed by atoms with Gasteiger partial charge in [-0.1, -0.05) is 12.1 Å². The maximum absolute atomic E-state index is 9.38. The lowest BCUT2D eigenvalue weighted by Crippen LogP contribution is -2.23. The molecule has 0 amide bonds. The maximum Gasteiger partial charge on any atom is 0.231 e. The van der Waals surface area contributed by atoms with Gasteiger partial charge in [0.15, 0.2) is 11.5 Å². The Balaban J connectivity index is 2.39. The molecule has 2 rings (SSSR count). The molecular weight excluding hydrogens is 182 g/mol. The number of para-hydroxylation sites is 1. The molecule has 0 saturated heterocycles. The molecule has 1 aliphatic rings. The van der Waals surface area contributed by atoms with E-state index in [-0.39, 0.29) is 6.79 Å². The normalized spacial score (nSPS) is 17.9. The van der Waals surface area contributed by atoms with Crippen LogP contribution in [0, 0.1) is 0 Å². The van der Waals surface area contributed by atoms with Gasteiger partial charge in [0, 0.05) is 5.56 Å². The number of nitrogens with two attached hydrogens (primary N) is 1. The summed E-state index contributed by atoms with van der Waals surface area (Å²) in [5.74, 6) is 1.35. The molecule has 0 aromatic heterocycles. The molecule has 0 spiro atoms. The second-order valence-electron chi connectivity index (χ2n) is 3.35. The molecule has 1 aromatic carbocycles. The Labute approximate surface area is 82.2 Å². The molecule has 76 valence electrons. The summed E-state index contributed by atoms with van der Waals surface area (Å²) in [5, 5.41) is 9.38. The van der Waals surface area contributed by atoms with Crippen LogP contribution < -0.4 is 15.2 Å². The van der Waals surface area contributed by atoms with Crippen molar-refractivity contribution < 1.29 is 14.6 Å². The van der Waals surface area contributed by atoms with Crippen molar-refractivity contribution in [1.29, 1.82) is 0 Å². The molecule has 0 bridgehead atoms. The van der Waals surface area contributed by atoms with Crippen LogP contribution in [0.4, 0.5) is 0 Å². The van der Waals surface area contributed by atoms with Crippen LogP contribution in [0.3, 0.4) is 0 Å². The van der Waals surface area contributed by atoms with Crippen LogP contribution in [0.2, 0.25) is 0 Å². The molecule has 1 aromatic rings. The summed E-state index contributed by atoms with van der Waals surface area (Å²) in [5.41, 5.74) is 6.61. The van der Waals surface area contributed by atoms with Gasteiger partial charge in [0.05, 0.1) is 12.1 Å². The highest BCUT2D eigenvalue weighted by Gasteiger charge is 2.23. The van der Waals surface area contributed by atoms with E-state index in [9.17, 15) is 5.11 Å². The van der Waals surface area contributed by atoms with Gasteiger partial charge in [0.1, 0.15) is 0 Å². The van der Waals surface area contributed by atoms with E-state index >= 15 is 0 Å². The monoisotopic (exact) mass is 195 g/mol. The molecule has 1 heterocycles. The molecule has 4 nitrogen and oxygen atoms in total. The number of aliphatic hydroxyl groups is 1. The lowest BCUT2D eigenvalue weighted by atomic mass is 10.0. The summed E-state index contributed by atoms with van der Waals surface area (Å²) >= 11 is 0. The summed E-state index contributed by atoms with van der Waals surface area (Å²) < 4.78 is 10.5. The van der Waals surface area contributed by atoms with Crippen molar-refractivity contribution in [3.8, 4) is 11.5 Å². The van der Waals surface area contributed by atoms with Crippen molar-refractivity contribution in [3.05, 3.63) is 23.8 Å². The molecule has 0 fully saturated rings. The van der Waals surface area contributed by atoms with Gasteiger partial charge < -0.3 is 20.3 Å². The quantitative estimate of drug-likeness (QED) is 0.732. The largest absolute Gasteiger partial charge is 0.454 e. The van der Waals surface area contributed by atoms with Crippen LogP contribution in [-0.4, -0.2) is 18.0 Å². The SMILES string of the molecule is CC(O)[C@@H](N)c1cccc2c1OCO2. The fourth-order valence-corrected chi connectivity index (χ4v) is 1.48. The van der Waals surface area contributed by atoms with Gasteiger partial charge in [0.25, 0.3) is 0 Å². The minimum atomic E-state index is -0.606. The predicted octanol–water partition coefficient (Wildman–Crippen LogP) is 0.796. The molecule has 0 radical (unpaired) electrons. The minimum absolute atomic E-state index is 0.221. The van der Waals surface area contributed by atoms with Crippen molar-refractivity contribution >= 4 is 0 Å². The highest BCUT2D eigenvalue weighted by atomic mass is 16.7. The fraction of sp³-hybridized carbons (Fsp3) is 0.400. The molecule has 0 aliphatic carbocycles. The predicted molar refractivity (Wildman–Crippen MR) is 51.2 cm³/mol. The molecule has 1 aliphatic heterocycles. The van der Waals surface area contributed by atoms with Gasteiger partial charge in [-0.15, -0.1) is 0 Å². The molecule has 2 atom stereocenters. The van der Waals surface area contributed by atoms with Crippen LogP contribution >= 0.6 is 0 Å². The number of rotatable bonds is 2. The first-order chi connectivity index (χ1) is 6.70. The molecule has 3 N–H and O–H groups in total. The van der Waals surface area contributed by atoms with E-state index in [0.717, 1.165) is 5.56 Å². The lowest BCUT2D eigenvalue weighted by Gasteiger charge is -2.16. The third kappa shape index (κ3) is 1.42. The van der Waals surface area contributed by atoms with Crippen molar-refractivity contribution in [3.63, 3.8) is 0 Å². The summed E-state index contributed by atoms with van der Waals surface area (Å²) in [6.45, 7) is 1.87. The molecule has 14 heavy (non-hydrogen) atoms. The zero-order valence-electron chi connectivity index (χ0n) is 7.93. The standard InChI is InChI=1S/C10H13NO3/c1-6(12)9(11)7-3-2-4-8-10(7)14-5-13-8/h2-4,6,9,12H,5,11H2,1H3/t6?,9-/m1/s1. The maximum atomic E-state index is 9.38.